The monoisotopic (exact) mass is 530 g/mol. The van der Waals surface area contributed by atoms with Crippen LogP contribution in [0.2, 0.25) is 0 Å². The van der Waals surface area contributed by atoms with Gasteiger partial charge in [-0.1, -0.05) is 16.3 Å². The molecule has 0 aliphatic heterocycles. The van der Waals surface area contributed by atoms with Crippen LogP contribution in [-0.4, -0.2) is 18.8 Å². The molecule has 0 heterocycles. The van der Waals surface area contributed by atoms with Crippen molar-refractivity contribution < 1.29 is 23.8 Å². The van der Waals surface area contributed by atoms with Crippen molar-refractivity contribution in [1.82, 2.24) is 0 Å². The van der Waals surface area contributed by atoms with Crippen molar-refractivity contribution in [3.63, 3.8) is 0 Å². The van der Waals surface area contributed by atoms with E-state index in [0.29, 0.717) is 11.3 Å². The van der Waals surface area contributed by atoms with Gasteiger partial charge in [-0.15, -0.1) is 6.42 Å². The molecule has 7 heteroatoms. The van der Waals surface area contributed by atoms with Crippen LogP contribution in [-0.2, 0) is 16.1 Å². The zero-order chi connectivity index (χ0) is 29.8. The Labute approximate surface area is 239 Å². The fraction of sp³-hybridized carbons (Fsp3) is 0.118. The first-order valence-electron chi connectivity index (χ1n) is 11.0. The minimum Gasteiger partial charge on any atom is -0.447 e. The summed E-state index contributed by atoms with van der Waals surface area (Å²) in [4.78, 5) is 22.6. The van der Waals surface area contributed by atoms with Crippen molar-refractivity contribution in [3.05, 3.63) is 29.3 Å². The Balaban J connectivity index is 2.54. The van der Waals surface area contributed by atoms with Gasteiger partial charge < -0.3 is 14.2 Å². The minimum absolute atomic E-state index is 0.113. The molecule has 0 bridgehead atoms. The van der Waals surface area contributed by atoms with Crippen LogP contribution in [0.15, 0.2) is 28.4 Å². The van der Waals surface area contributed by atoms with Crippen molar-refractivity contribution in [2.75, 3.05) is 6.61 Å². The highest BCUT2D eigenvalue weighted by atomic mass is 16.6. The third-order valence-corrected chi connectivity index (χ3v) is 3.37. The molecular formula is C34H14N2O5. The average molecular weight is 530 g/mol. The Morgan fingerprint density at radius 3 is 1.56 bits per heavy atom. The lowest BCUT2D eigenvalue weighted by atomic mass is 10.1. The Bertz CT molecular complexity index is 1890. The van der Waals surface area contributed by atoms with E-state index in [1.807, 2.05) is 6.92 Å². The molecule has 0 N–H and O–H groups in total. The van der Waals surface area contributed by atoms with Crippen LogP contribution in [0.5, 0.6) is 5.75 Å². The van der Waals surface area contributed by atoms with E-state index in [4.69, 9.17) is 15.9 Å². The maximum atomic E-state index is 11.6. The van der Waals surface area contributed by atoms with E-state index in [-0.39, 0.29) is 13.2 Å². The quantitative estimate of drug-likeness (QED) is 0.441. The van der Waals surface area contributed by atoms with Crippen molar-refractivity contribution in [2.24, 2.45) is 10.2 Å². The Kier molecular flexibility index (Phi) is 17.0. The number of amides is 2. The van der Waals surface area contributed by atoms with Gasteiger partial charge in [-0.3, -0.25) is 0 Å². The second-order valence-corrected chi connectivity index (χ2v) is 6.33. The van der Waals surface area contributed by atoms with Gasteiger partial charge in [-0.2, -0.15) is 0 Å². The molecule has 0 spiro atoms. The van der Waals surface area contributed by atoms with Gasteiger partial charge in [-0.25, -0.2) is 9.59 Å². The van der Waals surface area contributed by atoms with Crippen molar-refractivity contribution in [1.29, 1.82) is 0 Å². The van der Waals surface area contributed by atoms with Gasteiger partial charge in [0.15, 0.2) is 0 Å². The summed E-state index contributed by atoms with van der Waals surface area (Å²) in [7, 11) is 0. The van der Waals surface area contributed by atoms with Crippen LogP contribution in [0.3, 0.4) is 0 Å². The minimum atomic E-state index is -1.04. The molecule has 190 valence electrons. The number of nitrogens with zero attached hydrogens (tertiary/aromatic N) is 2. The standard InChI is InChI=1S/C34H14N2O5/c1-4-6-7-8-9-10-11-12-13-14-15-16-17-18-19-20-21-22-23-24-25-40-32-27-30(3)26-31(28-32)29-41-34(38)36-35-33(37)39-5-2/h1,26-28H,5,29H2,2-3H3/b36-35-. The topological polar surface area (TPSA) is 86.5 Å². The van der Waals surface area contributed by atoms with E-state index in [1.165, 1.54) is 0 Å². The normalized spacial score (nSPS) is 7.05. The highest BCUT2D eigenvalue weighted by molar-refractivity contribution is 5.73. The average Bonchev–Trinajstić information content (AvgIpc) is 2.95. The molecule has 2 amide bonds. The van der Waals surface area contributed by atoms with Crippen LogP contribution < -0.4 is 4.74 Å². The van der Waals surface area contributed by atoms with E-state index < -0.39 is 12.2 Å². The van der Waals surface area contributed by atoms with Gasteiger partial charge in [0, 0.05) is 71.0 Å². The van der Waals surface area contributed by atoms with Gasteiger partial charge in [0.2, 0.25) is 0 Å². The summed E-state index contributed by atoms with van der Waals surface area (Å²) in [5.74, 6) is 49.4. The van der Waals surface area contributed by atoms with E-state index in [9.17, 15) is 9.59 Å². The van der Waals surface area contributed by atoms with Crippen LogP contribution in [0.4, 0.5) is 9.59 Å². The molecule has 0 aliphatic carbocycles. The fourth-order valence-corrected chi connectivity index (χ4v) is 2.05. The maximum absolute atomic E-state index is 11.6. The molecule has 1 rings (SSSR count). The molecule has 1 aromatic carbocycles. The van der Waals surface area contributed by atoms with E-state index in [0.717, 1.165) is 5.56 Å². The summed E-state index contributed by atoms with van der Waals surface area (Å²) in [5.41, 5.74) is 1.44. The lowest BCUT2D eigenvalue weighted by Gasteiger charge is -2.05. The SMILES string of the molecule is C#CC#CC#CC#CC#CC#CC#CC#CC#CC#CC#COc1cc(C)cc(COC(=O)/N=N\C(=O)OCC)c1. The van der Waals surface area contributed by atoms with E-state index in [2.05, 4.69) is 139 Å². The summed E-state index contributed by atoms with van der Waals surface area (Å²) >= 11 is 0. The molecule has 0 saturated heterocycles. The van der Waals surface area contributed by atoms with Crippen LogP contribution in [0.25, 0.3) is 0 Å². The molecule has 7 nitrogen and oxygen atoms in total. The van der Waals surface area contributed by atoms with Crippen LogP contribution in [0, 0.1) is 138 Å². The van der Waals surface area contributed by atoms with Gasteiger partial charge >= 0.3 is 12.2 Å². The van der Waals surface area contributed by atoms with E-state index >= 15 is 0 Å². The third kappa shape index (κ3) is 18.6. The summed E-state index contributed by atoms with van der Waals surface area (Å²) in [5, 5.41) is 6.18. The number of rotatable bonds is 4. The largest absolute Gasteiger partial charge is 0.452 e. The van der Waals surface area contributed by atoms with Crippen LogP contribution in [0.1, 0.15) is 18.1 Å². The fourth-order valence-electron chi connectivity index (χ4n) is 2.05. The number of ether oxygens (including phenoxy) is 3. The number of terminal acetylenes is 1. The van der Waals surface area contributed by atoms with Gasteiger partial charge in [0.1, 0.15) is 18.5 Å². The molecular weight excluding hydrogens is 516 g/mol. The highest BCUT2D eigenvalue weighted by Crippen LogP contribution is 2.17. The molecule has 0 radical (unpaired) electrons. The molecule has 0 aromatic heterocycles. The van der Waals surface area contributed by atoms with Gasteiger partial charge in [0.05, 0.1) is 6.61 Å². The second-order valence-electron chi connectivity index (χ2n) is 6.33. The molecule has 41 heavy (non-hydrogen) atoms. The predicted molar refractivity (Wildman–Crippen MR) is 150 cm³/mol. The molecule has 0 saturated carbocycles. The number of hydrogen-bond acceptors (Lipinski definition) is 5. The number of carbonyl (C=O) groups is 2. The Hall–Kier alpha value is -7.28. The first-order chi connectivity index (χ1) is 20.0. The summed E-state index contributed by atoms with van der Waals surface area (Å²) in [6.07, 6.45) is 5.34. The summed E-state index contributed by atoms with van der Waals surface area (Å²) in [6, 6.07) is 5.11. The highest BCUT2D eigenvalue weighted by Gasteiger charge is 2.06. The Morgan fingerprint density at radius 1 is 0.659 bits per heavy atom. The molecule has 1 aromatic rings. The number of benzene rings is 1. The van der Waals surface area contributed by atoms with Crippen molar-refractivity contribution in [2.45, 2.75) is 20.5 Å². The van der Waals surface area contributed by atoms with Gasteiger partial charge in [0.25, 0.3) is 0 Å². The lowest BCUT2D eigenvalue weighted by molar-refractivity contribution is 0.144. The summed E-state index contributed by atoms with van der Waals surface area (Å²) in [6.45, 7) is 3.41. The molecule has 0 fully saturated rings. The molecule has 0 atom stereocenters. The van der Waals surface area contributed by atoms with Gasteiger partial charge in [-0.05, 0) is 84.5 Å². The zero-order valence-electron chi connectivity index (χ0n) is 21.7. The first-order valence-corrected chi connectivity index (χ1v) is 11.0. The number of aryl methyl sites for hydroxylation is 1. The number of carbonyl (C=O) groups excluding carboxylic acids is 2. The molecule has 0 unspecified atom stereocenters. The van der Waals surface area contributed by atoms with Crippen molar-refractivity contribution >= 4 is 12.2 Å². The van der Waals surface area contributed by atoms with Crippen LogP contribution >= 0.6 is 0 Å². The Morgan fingerprint density at radius 2 is 1.10 bits per heavy atom. The first kappa shape index (κ1) is 31.7. The third-order valence-electron chi connectivity index (χ3n) is 3.37. The zero-order valence-corrected chi connectivity index (χ0v) is 21.7. The maximum Gasteiger partial charge on any atom is 0.452 e. The number of hydrogen-bond donors (Lipinski definition) is 0. The lowest BCUT2D eigenvalue weighted by Crippen LogP contribution is -2.02. The number of azo groups is 1. The van der Waals surface area contributed by atoms with E-state index in [1.54, 1.807) is 25.1 Å². The summed E-state index contributed by atoms with van der Waals surface area (Å²) < 4.78 is 14.8. The predicted octanol–water partition coefficient (Wildman–Crippen LogP) is 3.24. The molecule has 0 aliphatic rings. The van der Waals surface area contributed by atoms with Crippen molar-refractivity contribution in [3.8, 4) is 137 Å². The second kappa shape index (κ2) is 22.0. The smallest absolute Gasteiger partial charge is 0.447 e.